The third-order valence-corrected chi connectivity index (χ3v) is 2.03. The minimum absolute atomic E-state index is 0.374. The van der Waals surface area contributed by atoms with Crippen LogP contribution in [0.3, 0.4) is 0 Å². The molecule has 0 saturated carbocycles. The zero-order valence-electron chi connectivity index (χ0n) is 7.98. The normalized spacial score (nSPS) is 9.60. The van der Waals surface area contributed by atoms with Crippen LogP contribution in [0.1, 0.15) is 5.56 Å². The second-order valence-corrected chi connectivity index (χ2v) is 3.03. The zero-order valence-corrected chi connectivity index (χ0v) is 7.98. The summed E-state index contributed by atoms with van der Waals surface area (Å²) in [5.74, 6) is 0. The summed E-state index contributed by atoms with van der Waals surface area (Å²) >= 11 is 0. The SMILES string of the molecule is [N-]=[N+]=NCc1cccc(-n2ccnc2)c1. The fraction of sp³-hybridized carbons (Fsp3) is 0.100. The van der Waals surface area contributed by atoms with Gasteiger partial charge in [0, 0.05) is 23.0 Å². The van der Waals surface area contributed by atoms with Crippen molar-refractivity contribution >= 4 is 0 Å². The van der Waals surface area contributed by atoms with E-state index >= 15 is 0 Å². The Morgan fingerprint density at radius 1 is 1.47 bits per heavy atom. The van der Waals surface area contributed by atoms with Gasteiger partial charge in [0.2, 0.25) is 0 Å². The molecular weight excluding hydrogens is 190 g/mol. The van der Waals surface area contributed by atoms with Crippen molar-refractivity contribution in [3.05, 3.63) is 59.0 Å². The fourth-order valence-electron chi connectivity index (χ4n) is 1.34. The third kappa shape index (κ3) is 2.15. The third-order valence-electron chi connectivity index (χ3n) is 2.03. The Balaban J connectivity index is 2.30. The van der Waals surface area contributed by atoms with Gasteiger partial charge in [-0.05, 0) is 23.2 Å². The average Bonchev–Trinajstić information content (AvgIpc) is 2.80. The van der Waals surface area contributed by atoms with Gasteiger partial charge in [0.05, 0.1) is 12.9 Å². The van der Waals surface area contributed by atoms with E-state index in [1.165, 1.54) is 0 Å². The molecule has 5 heteroatoms. The van der Waals surface area contributed by atoms with E-state index in [0.29, 0.717) is 6.54 Å². The van der Waals surface area contributed by atoms with Gasteiger partial charge in [-0.25, -0.2) is 4.98 Å². The topological polar surface area (TPSA) is 66.6 Å². The Morgan fingerprint density at radius 2 is 2.40 bits per heavy atom. The number of benzene rings is 1. The Bertz CT molecular complexity index is 482. The molecule has 0 aliphatic carbocycles. The highest BCUT2D eigenvalue weighted by atomic mass is 15.1. The van der Waals surface area contributed by atoms with Crippen LogP contribution in [-0.2, 0) is 6.54 Å². The molecule has 0 saturated heterocycles. The molecule has 0 amide bonds. The Kier molecular flexibility index (Phi) is 2.67. The molecule has 5 nitrogen and oxygen atoms in total. The molecule has 15 heavy (non-hydrogen) atoms. The minimum Gasteiger partial charge on any atom is -0.306 e. The molecule has 0 atom stereocenters. The van der Waals surface area contributed by atoms with Crippen LogP contribution in [-0.4, -0.2) is 9.55 Å². The molecule has 1 aromatic heterocycles. The van der Waals surface area contributed by atoms with Crippen LogP contribution in [0.15, 0.2) is 48.1 Å². The summed E-state index contributed by atoms with van der Waals surface area (Å²) in [6.45, 7) is 0.374. The second-order valence-electron chi connectivity index (χ2n) is 3.03. The van der Waals surface area contributed by atoms with E-state index in [4.69, 9.17) is 5.53 Å². The lowest BCUT2D eigenvalue weighted by atomic mass is 10.2. The Hall–Kier alpha value is -2.26. The highest BCUT2D eigenvalue weighted by molar-refractivity contribution is 5.35. The summed E-state index contributed by atoms with van der Waals surface area (Å²) in [5.41, 5.74) is 10.2. The Morgan fingerprint density at radius 3 is 3.13 bits per heavy atom. The van der Waals surface area contributed by atoms with E-state index in [9.17, 15) is 0 Å². The van der Waals surface area contributed by atoms with Gasteiger partial charge in [0.25, 0.3) is 0 Å². The summed E-state index contributed by atoms with van der Waals surface area (Å²) in [6.07, 6.45) is 5.32. The van der Waals surface area contributed by atoms with E-state index in [1.807, 2.05) is 35.0 Å². The molecule has 0 fully saturated rings. The van der Waals surface area contributed by atoms with Crippen LogP contribution in [0, 0.1) is 0 Å². The standard InChI is InChI=1S/C10H9N5/c11-14-13-7-9-2-1-3-10(6-9)15-5-4-12-8-15/h1-6,8H,7H2. The fourth-order valence-corrected chi connectivity index (χ4v) is 1.34. The van der Waals surface area contributed by atoms with Gasteiger partial charge in [-0.1, -0.05) is 17.2 Å². The van der Waals surface area contributed by atoms with Crippen LogP contribution < -0.4 is 0 Å². The van der Waals surface area contributed by atoms with Gasteiger partial charge < -0.3 is 4.57 Å². The summed E-state index contributed by atoms with van der Waals surface area (Å²) < 4.78 is 1.90. The number of hydrogen-bond donors (Lipinski definition) is 0. The van der Waals surface area contributed by atoms with Gasteiger partial charge in [0.1, 0.15) is 0 Å². The highest BCUT2D eigenvalue weighted by Gasteiger charge is 1.96. The first-order valence-electron chi connectivity index (χ1n) is 4.48. The Labute approximate surface area is 86.6 Å². The smallest absolute Gasteiger partial charge is 0.0991 e. The summed E-state index contributed by atoms with van der Waals surface area (Å²) in [4.78, 5) is 6.70. The van der Waals surface area contributed by atoms with Crippen molar-refractivity contribution in [1.29, 1.82) is 0 Å². The molecule has 0 unspecified atom stereocenters. The monoisotopic (exact) mass is 199 g/mol. The average molecular weight is 199 g/mol. The number of azide groups is 1. The van der Waals surface area contributed by atoms with E-state index in [-0.39, 0.29) is 0 Å². The first-order chi connectivity index (χ1) is 7.40. The molecule has 1 aromatic carbocycles. The van der Waals surface area contributed by atoms with Crippen LogP contribution >= 0.6 is 0 Å². The van der Waals surface area contributed by atoms with Gasteiger partial charge in [0.15, 0.2) is 0 Å². The first kappa shape index (κ1) is 9.30. The van der Waals surface area contributed by atoms with Crippen molar-refractivity contribution in [2.75, 3.05) is 0 Å². The van der Waals surface area contributed by atoms with Gasteiger partial charge in [-0.3, -0.25) is 0 Å². The van der Waals surface area contributed by atoms with Gasteiger partial charge >= 0.3 is 0 Å². The van der Waals surface area contributed by atoms with Crippen molar-refractivity contribution in [3.63, 3.8) is 0 Å². The van der Waals surface area contributed by atoms with E-state index in [1.54, 1.807) is 12.5 Å². The molecule has 0 aliphatic heterocycles. The maximum Gasteiger partial charge on any atom is 0.0991 e. The van der Waals surface area contributed by atoms with E-state index in [0.717, 1.165) is 11.3 Å². The van der Waals surface area contributed by atoms with Crippen LogP contribution in [0.5, 0.6) is 0 Å². The molecule has 2 aromatic rings. The summed E-state index contributed by atoms with van der Waals surface area (Å²) in [5, 5.41) is 3.52. The lowest BCUT2D eigenvalue weighted by Crippen LogP contribution is -1.91. The van der Waals surface area contributed by atoms with Crippen LogP contribution in [0.25, 0.3) is 16.1 Å². The molecule has 0 radical (unpaired) electrons. The van der Waals surface area contributed by atoms with Crippen molar-refractivity contribution in [3.8, 4) is 5.69 Å². The van der Waals surface area contributed by atoms with Crippen molar-refractivity contribution < 1.29 is 0 Å². The maximum atomic E-state index is 8.22. The van der Waals surface area contributed by atoms with Crippen molar-refractivity contribution in [1.82, 2.24) is 9.55 Å². The summed E-state index contributed by atoms with van der Waals surface area (Å²) in [7, 11) is 0. The number of hydrogen-bond acceptors (Lipinski definition) is 2. The molecule has 74 valence electrons. The van der Waals surface area contributed by atoms with Crippen LogP contribution in [0.4, 0.5) is 0 Å². The van der Waals surface area contributed by atoms with Crippen molar-refractivity contribution in [2.24, 2.45) is 5.11 Å². The predicted molar refractivity (Wildman–Crippen MR) is 56.4 cm³/mol. The highest BCUT2D eigenvalue weighted by Crippen LogP contribution is 2.10. The molecule has 1 heterocycles. The van der Waals surface area contributed by atoms with Crippen molar-refractivity contribution in [2.45, 2.75) is 6.54 Å². The zero-order chi connectivity index (χ0) is 10.5. The maximum absolute atomic E-state index is 8.22. The minimum atomic E-state index is 0.374. The van der Waals surface area contributed by atoms with Crippen LogP contribution in [0.2, 0.25) is 0 Å². The van der Waals surface area contributed by atoms with Gasteiger partial charge in [-0.15, -0.1) is 0 Å². The largest absolute Gasteiger partial charge is 0.306 e. The lowest BCUT2D eigenvalue weighted by molar-refractivity contribution is 1.01. The first-order valence-corrected chi connectivity index (χ1v) is 4.48. The number of rotatable bonds is 3. The molecule has 2 rings (SSSR count). The predicted octanol–water partition coefficient (Wildman–Crippen LogP) is 2.68. The molecular formula is C10H9N5. The quantitative estimate of drug-likeness (QED) is 0.425. The number of imidazole rings is 1. The summed E-state index contributed by atoms with van der Waals surface area (Å²) in [6, 6.07) is 7.80. The number of aromatic nitrogens is 2. The molecule has 0 aliphatic rings. The number of nitrogens with zero attached hydrogens (tertiary/aromatic N) is 5. The molecule has 0 N–H and O–H groups in total. The molecule has 0 bridgehead atoms. The van der Waals surface area contributed by atoms with E-state index in [2.05, 4.69) is 15.0 Å². The molecule has 0 spiro atoms. The second kappa shape index (κ2) is 4.30. The lowest BCUT2D eigenvalue weighted by Gasteiger charge is -2.03. The van der Waals surface area contributed by atoms with E-state index < -0.39 is 0 Å². The van der Waals surface area contributed by atoms with Gasteiger partial charge in [-0.2, -0.15) is 0 Å².